The van der Waals surface area contributed by atoms with Crippen molar-refractivity contribution in [2.24, 2.45) is 5.73 Å². The third-order valence-corrected chi connectivity index (χ3v) is 3.88. The molecule has 1 aromatic carbocycles. The maximum absolute atomic E-state index is 12.5. The molecule has 1 unspecified atom stereocenters. The van der Waals surface area contributed by atoms with Gasteiger partial charge in [-0.2, -0.15) is 13.2 Å². The third-order valence-electron chi connectivity index (χ3n) is 2.81. The van der Waals surface area contributed by atoms with Gasteiger partial charge in [0.15, 0.2) is 0 Å². The molecule has 0 saturated heterocycles. The van der Waals surface area contributed by atoms with Gasteiger partial charge in [0.05, 0.1) is 16.3 Å². The lowest BCUT2D eigenvalue weighted by Crippen LogP contribution is -2.08. The molecule has 1 atom stereocenters. The number of benzene rings is 1. The zero-order valence-electron chi connectivity index (χ0n) is 10.2. The lowest BCUT2D eigenvalue weighted by atomic mass is 10.1. The Morgan fingerprint density at radius 3 is 2.42 bits per heavy atom. The number of nitrogens with zero attached hydrogens (tertiary/aromatic N) is 1. The van der Waals surface area contributed by atoms with Gasteiger partial charge in [0.25, 0.3) is 0 Å². The highest BCUT2D eigenvalue weighted by Gasteiger charge is 2.30. The predicted molar refractivity (Wildman–Crippen MR) is 70.0 cm³/mol. The molecule has 102 valence electrons. The van der Waals surface area contributed by atoms with Gasteiger partial charge in [0.1, 0.15) is 0 Å². The van der Waals surface area contributed by atoms with E-state index in [4.69, 9.17) is 5.73 Å². The minimum Gasteiger partial charge on any atom is -0.330 e. The number of halogens is 3. The Bertz CT molecular complexity index is 546. The van der Waals surface area contributed by atoms with Gasteiger partial charge < -0.3 is 5.73 Å². The molecule has 0 aliphatic heterocycles. The van der Waals surface area contributed by atoms with Gasteiger partial charge in [-0.05, 0) is 12.1 Å². The topological polar surface area (TPSA) is 38.9 Å². The summed E-state index contributed by atoms with van der Waals surface area (Å²) in [5, 5.41) is 2.74. The average Bonchev–Trinajstić information content (AvgIpc) is 2.86. The van der Waals surface area contributed by atoms with Crippen molar-refractivity contribution in [2.45, 2.75) is 19.0 Å². The molecule has 2 aromatic rings. The van der Waals surface area contributed by atoms with Crippen LogP contribution in [0.1, 0.15) is 23.4 Å². The molecule has 0 aliphatic rings. The van der Waals surface area contributed by atoms with Gasteiger partial charge in [-0.1, -0.05) is 19.1 Å². The van der Waals surface area contributed by atoms with Crippen molar-refractivity contribution in [1.29, 1.82) is 0 Å². The van der Waals surface area contributed by atoms with Crippen molar-refractivity contribution in [1.82, 2.24) is 4.98 Å². The van der Waals surface area contributed by atoms with E-state index in [-0.39, 0.29) is 5.92 Å². The standard InChI is InChI=1S/C13H13F3N2S/c1-8(6-17)12-18-11(7-19-12)9-2-4-10(5-3-9)13(14,15)16/h2-5,7-8H,6,17H2,1H3. The summed E-state index contributed by atoms with van der Waals surface area (Å²) in [7, 11) is 0. The first-order chi connectivity index (χ1) is 8.91. The lowest BCUT2D eigenvalue weighted by Gasteiger charge is -2.06. The molecule has 1 aromatic heterocycles. The number of thiazole rings is 1. The fourth-order valence-corrected chi connectivity index (χ4v) is 2.48. The first kappa shape index (κ1) is 14.0. The Balaban J connectivity index is 2.25. The van der Waals surface area contributed by atoms with Crippen LogP contribution >= 0.6 is 11.3 Å². The molecule has 0 aliphatic carbocycles. The maximum atomic E-state index is 12.5. The number of rotatable bonds is 3. The molecule has 0 amide bonds. The first-order valence-corrected chi connectivity index (χ1v) is 6.63. The molecule has 2 rings (SSSR count). The normalized spacial score (nSPS) is 13.5. The van der Waals surface area contributed by atoms with Crippen molar-refractivity contribution in [3.63, 3.8) is 0 Å². The molecule has 19 heavy (non-hydrogen) atoms. The van der Waals surface area contributed by atoms with E-state index in [1.54, 1.807) is 0 Å². The summed E-state index contributed by atoms with van der Waals surface area (Å²) in [5.74, 6) is 0.160. The molecule has 0 radical (unpaired) electrons. The Morgan fingerprint density at radius 2 is 1.89 bits per heavy atom. The van der Waals surface area contributed by atoms with Gasteiger partial charge >= 0.3 is 6.18 Å². The molecule has 0 fully saturated rings. The Kier molecular flexibility index (Phi) is 3.91. The van der Waals surface area contributed by atoms with E-state index >= 15 is 0 Å². The molecule has 2 N–H and O–H groups in total. The average molecular weight is 286 g/mol. The van der Waals surface area contributed by atoms with Crippen LogP contribution < -0.4 is 5.73 Å². The lowest BCUT2D eigenvalue weighted by molar-refractivity contribution is -0.137. The van der Waals surface area contributed by atoms with Crippen LogP contribution in [0.2, 0.25) is 0 Å². The minimum absolute atomic E-state index is 0.160. The Morgan fingerprint density at radius 1 is 1.26 bits per heavy atom. The maximum Gasteiger partial charge on any atom is 0.416 e. The summed E-state index contributed by atoms with van der Waals surface area (Å²) in [6, 6.07) is 5.02. The van der Waals surface area contributed by atoms with Crippen LogP contribution in [-0.2, 0) is 6.18 Å². The van der Waals surface area contributed by atoms with Crippen molar-refractivity contribution in [3.8, 4) is 11.3 Å². The van der Waals surface area contributed by atoms with Gasteiger partial charge in [-0.25, -0.2) is 4.98 Å². The fraction of sp³-hybridized carbons (Fsp3) is 0.308. The Hall–Kier alpha value is -1.40. The fourth-order valence-electron chi connectivity index (χ4n) is 1.58. The van der Waals surface area contributed by atoms with E-state index in [9.17, 15) is 13.2 Å². The van der Waals surface area contributed by atoms with Crippen LogP contribution in [0.3, 0.4) is 0 Å². The predicted octanol–water partition coefficient (Wildman–Crippen LogP) is 3.89. The molecule has 6 heteroatoms. The summed E-state index contributed by atoms with van der Waals surface area (Å²) in [5.41, 5.74) is 6.28. The summed E-state index contributed by atoms with van der Waals surface area (Å²) in [6.07, 6.45) is -4.31. The van der Waals surface area contributed by atoms with E-state index in [0.29, 0.717) is 17.8 Å². The summed E-state index contributed by atoms with van der Waals surface area (Å²) >= 11 is 1.47. The quantitative estimate of drug-likeness (QED) is 0.929. The van der Waals surface area contributed by atoms with E-state index in [2.05, 4.69) is 4.98 Å². The second kappa shape index (κ2) is 5.30. The third kappa shape index (κ3) is 3.13. The minimum atomic E-state index is -4.31. The zero-order valence-corrected chi connectivity index (χ0v) is 11.1. The second-order valence-electron chi connectivity index (χ2n) is 4.28. The molecule has 1 heterocycles. The SMILES string of the molecule is CC(CN)c1nc(-c2ccc(C(F)(F)F)cc2)cs1. The van der Waals surface area contributed by atoms with Gasteiger partial charge in [0, 0.05) is 23.4 Å². The van der Waals surface area contributed by atoms with Crippen molar-refractivity contribution in [2.75, 3.05) is 6.54 Å². The van der Waals surface area contributed by atoms with E-state index < -0.39 is 11.7 Å². The molecular weight excluding hydrogens is 273 g/mol. The van der Waals surface area contributed by atoms with Crippen LogP contribution in [0.15, 0.2) is 29.6 Å². The summed E-state index contributed by atoms with van der Waals surface area (Å²) in [6.45, 7) is 2.47. The molecule has 0 bridgehead atoms. The summed E-state index contributed by atoms with van der Waals surface area (Å²) < 4.78 is 37.4. The van der Waals surface area contributed by atoms with E-state index in [1.165, 1.54) is 23.5 Å². The largest absolute Gasteiger partial charge is 0.416 e. The molecule has 0 saturated carbocycles. The highest BCUT2D eigenvalue weighted by atomic mass is 32.1. The van der Waals surface area contributed by atoms with Crippen LogP contribution in [0.5, 0.6) is 0 Å². The highest BCUT2D eigenvalue weighted by Crippen LogP contribution is 2.31. The number of alkyl halides is 3. The molecule has 0 spiro atoms. The molecular formula is C13H13F3N2S. The Labute approximate surface area is 113 Å². The first-order valence-electron chi connectivity index (χ1n) is 5.75. The van der Waals surface area contributed by atoms with Crippen LogP contribution in [0.25, 0.3) is 11.3 Å². The van der Waals surface area contributed by atoms with Gasteiger partial charge in [-0.15, -0.1) is 11.3 Å². The number of aromatic nitrogens is 1. The smallest absolute Gasteiger partial charge is 0.330 e. The van der Waals surface area contributed by atoms with Crippen LogP contribution in [0.4, 0.5) is 13.2 Å². The number of hydrogen-bond donors (Lipinski definition) is 1. The summed E-state index contributed by atoms with van der Waals surface area (Å²) in [4.78, 5) is 4.40. The molecule has 2 nitrogen and oxygen atoms in total. The number of nitrogens with two attached hydrogens (primary N) is 1. The van der Waals surface area contributed by atoms with E-state index in [0.717, 1.165) is 17.1 Å². The second-order valence-corrected chi connectivity index (χ2v) is 5.17. The van der Waals surface area contributed by atoms with Crippen molar-refractivity contribution < 1.29 is 13.2 Å². The zero-order chi connectivity index (χ0) is 14.0. The van der Waals surface area contributed by atoms with Crippen LogP contribution in [0, 0.1) is 0 Å². The van der Waals surface area contributed by atoms with Crippen molar-refractivity contribution >= 4 is 11.3 Å². The van der Waals surface area contributed by atoms with Gasteiger partial charge in [-0.3, -0.25) is 0 Å². The van der Waals surface area contributed by atoms with E-state index in [1.807, 2.05) is 12.3 Å². The monoisotopic (exact) mass is 286 g/mol. The van der Waals surface area contributed by atoms with Crippen molar-refractivity contribution in [3.05, 3.63) is 40.2 Å². The highest BCUT2D eigenvalue weighted by molar-refractivity contribution is 7.10. The van der Waals surface area contributed by atoms with Crippen LogP contribution in [-0.4, -0.2) is 11.5 Å². The number of hydrogen-bond acceptors (Lipinski definition) is 3. The van der Waals surface area contributed by atoms with Gasteiger partial charge in [0.2, 0.25) is 0 Å².